The highest BCUT2D eigenvalue weighted by Crippen LogP contribution is 2.25. The molecule has 2 nitrogen and oxygen atoms in total. The second-order valence-electron chi connectivity index (χ2n) is 6.93. The van der Waals surface area contributed by atoms with Gasteiger partial charge in [-0.2, -0.15) is 0 Å². The van der Waals surface area contributed by atoms with Gasteiger partial charge in [-0.15, -0.1) is 0 Å². The van der Waals surface area contributed by atoms with Crippen molar-refractivity contribution in [3.8, 4) is 22.3 Å². The van der Waals surface area contributed by atoms with Crippen molar-refractivity contribution in [1.29, 1.82) is 0 Å². The van der Waals surface area contributed by atoms with Gasteiger partial charge in [-0.1, -0.05) is 109 Å². The van der Waals surface area contributed by atoms with Crippen LogP contribution in [0.5, 0.6) is 0 Å². The van der Waals surface area contributed by atoms with Gasteiger partial charge >= 0.3 is 0 Å². The molecule has 0 spiro atoms. The van der Waals surface area contributed by atoms with Crippen LogP contribution < -0.4 is 0 Å². The van der Waals surface area contributed by atoms with E-state index in [0.717, 1.165) is 27.8 Å². The lowest BCUT2D eigenvalue weighted by atomic mass is 10.0. The minimum atomic E-state index is -0.881. The zero-order chi connectivity index (χ0) is 20.1. The molecule has 142 valence electrons. The van der Waals surface area contributed by atoms with E-state index in [1.165, 1.54) is 6.08 Å². The van der Waals surface area contributed by atoms with Gasteiger partial charge in [-0.3, -0.25) is 0 Å². The number of hydrogen-bond acceptors (Lipinski definition) is 2. The van der Waals surface area contributed by atoms with Gasteiger partial charge in [0.25, 0.3) is 0 Å². The Morgan fingerprint density at radius 3 is 1.45 bits per heavy atom. The lowest BCUT2D eigenvalue weighted by molar-refractivity contribution is 0.227. The molecule has 29 heavy (non-hydrogen) atoms. The van der Waals surface area contributed by atoms with Crippen molar-refractivity contribution in [3.63, 3.8) is 0 Å². The molecule has 0 bridgehead atoms. The Labute approximate surface area is 171 Å². The van der Waals surface area contributed by atoms with Gasteiger partial charge in [0.05, 0.1) is 0 Å². The smallest absolute Gasteiger partial charge is 0.121 e. The van der Waals surface area contributed by atoms with Gasteiger partial charge in [-0.25, -0.2) is 0 Å². The van der Waals surface area contributed by atoms with Crippen LogP contribution >= 0.6 is 0 Å². The van der Waals surface area contributed by atoms with Crippen molar-refractivity contribution in [3.05, 3.63) is 126 Å². The van der Waals surface area contributed by atoms with E-state index in [2.05, 4.69) is 12.1 Å². The van der Waals surface area contributed by atoms with Crippen molar-refractivity contribution in [1.82, 2.24) is 0 Å². The minimum absolute atomic E-state index is 0.0595. The molecule has 0 aliphatic rings. The van der Waals surface area contributed by atoms with E-state index in [0.29, 0.717) is 5.56 Å². The molecule has 0 radical (unpaired) electrons. The molecule has 4 aromatic carbocycles. The summed E-state index contributed by atoms with van der Waals surface area (Å²) in [6.45, 7) is 0. The summed E-state index contributed by atoms with van der Waals surface area (Å²) in [7, 11) is 0. The van der Waals surface area contributed by atoms with Crippen LogP contribution in [0.25, 0.3) is 28.0 Å². The predicted molar refractivity (Wildman–Crippen MR) is 119 cm³/mol. The van der Waals surface area contributed by atoms with E-state index in [4.69, 9.17) is 0 Å². The summed E-state index contributed by atoms with van der Waals surface area (Å²) in [5.74, 6) is 0.0595. The first kappa shape index (κ1) is 18.7. The van der Waals surface area contributed by atoms with E-state index < -0.39 is 6.10 Å². The molecule has 0 aliphatic heterocycles. The number of hydrogen-bond donors (Lipinski definition) is 2. The fraction of sp³-hybridized carbons (Fsp3) is 0.0370. The maximum absolute atomic E-state index is 10.5. The zero-order valence-electron chi connectivity index (χ0n) is 15.9. The van der Waals surface area contributed by atoms with Crippen molar-refractivity contribution in [2.75, 3.05) is 0 Å². The Bertz CT molecular complexity index is 1080. The van der Waals surface area contributed by atoms with E-state index in [1.807, 2.05) is 97.1 Å². The number of benzene rings is 4. The van der Waals surface area contributed by atoms with Crippen molar-refractivity contribution < 1.29 is 10.2 Å². The van der Waals surface area contributed by atoms with Crippen molar-refractivity contribution >= 4 is 5.76 Å². The molecular formula is C27H22O2. The van der Waals surface area contributed by atoms with E-state index in [-0.39, 0.29) is 5.76 Å². The molecule has 2 heteroatoms. The van der Waals surface area contributed by atoms with Gasteiger partial charge in [0.1, 0.15) is 11.9 Å². The van der Waals surface area contributed by atoms with Gasteiger partial charge in [0.2, 0.25) is 0 Å². The minimum Gasteiger partial charge on any atom is -0.508 e. The molecule has 1 unspecified atom stereocenters. The molecule has 0 amide bonds. The van der Waals surface area contributed by atoms with Crippen LogP contribution in [0.1, 0.15) is 17.2 Å². The van der Waals surface area contributed by atoms with Crippen LogP contribution in [0, 0.1) is 0 Å². The molecule has 0 aromatic heterocycles. The molecular weight excluding hydrogens is 356 g/mol. The monoisotopic (exact) mass is 378 g/mol. The summed E-state index contributed by atoms with van der Waals surface area (Å²) in [6, 6.07) is 35.6. The molecule has 2 N–H and O–H groups in total. The van der Waals surface area contributed by atoms with Crippen molar-refractivity contribution in [2.24, 2.45) is 0 Å². The second kappa shape index (κ2) is 8.59. The molecule has 0 heterocycles. The summed E-state index contributed by atoms with van der Waals surface area (Å²) in [5, 5.41) is 21.0. The number of rotatable bonds is 5. The first-order chi connectivity index (χ1) is 14.2. The maximum Gasteiger partial charge on any atom is 0.121 e. The number of aliphatic hydroxyl groups excluding tert-OH is 2. The molecule has 0 aliphatic carbocycles. The van der Waals surface area contributed by atoms with E-state index >= 15 is 0 Å². The Kier molecular flexibility index (Phi) is 5.55. The molecule has 4 aromatic rings. The second-order valence-corrected chi connectivity index (χ2v) is 6.93. The number of aliphatic hydroxyl groups is 2. The molecule has 1 atom stereocenters. The van der Waals surface area contributed by atoms with Crippen molar-refractivity contribution in [2.45, 2.75) is 6.10 Å². The van der Waals surface area contributed by atoms with Crippen LogP contribution in [0.15, 0.2) is 115 Å². The summed E-state index contributed by atoms with van der Waals surface area (Å²) < 4.78 is 0. The Morgan fingerprint density at radius 2 is 0.966 bits per heavy atom. The average Bonchev–Trinajstić information content (AvgIpc) is 2.80. The lowest BCUT2D eigenvalue weighted by Crippen LogP contribution is -1.95. The molecule has 4 rings (SSSR count). The molecule has 0 saturated carbocycles. The highest BCUT2D eigenvalue weighted by atomic mass is 16.3. The first-order valence-electron chi connectivity index (χ1n) is 9.61. The van der Waals surface area contributed by atoms with Crippen LogP contribution in [0.4, 0.5) is 0 Å². The Hall–Kier alpha value is -3.62. The third-order valence-electron chi connectivity index (χ3n) is 4.96. The van der Waals surface area contributed by atoms with Gasteiger partial charge in [0.15, 0.2) is 0 Å². The Morgan fingerprint density at radius 1 is 0.552 bits per heavy atom. The Balaban J connectivity index is 1.50. The predicted octanol–water partition coefficient (Wildman–Crippen LogP) is 6.65. The van der Waals surface area contributed by atoms with E-state index in [9.17, 15) is 10.2 Å². The third-order valence-corrected chi connectivity index (χ3v) is 4.96. The first-order valence-corrected chi connectivity index (χ1v) is 9.61. The summed E-state index contributed by atoms with van der Waals surface area (Å²) in [4.78, 5) is 0. The summed E-state index contributed by atoms with van der Waals surface area (Å²) in [5.41, 5.74) is 5.83. The van der Waals surface area contributed by atoms with Crippen LogP contribution in [-0.4, -0.2) is 10.2 Å². The fourth-order valence-electron chi connectivity index (χ4n) is 3.31. The summed E-state index contributed by atoms with van der Waals surface area (Å²) >= 11 is 0. The largest absolute Gasteiger partial charge is 0.508 e. The van der Waals surface area contributed by atoms with Crippen LogP contribution in [0.2, 0.25) is 0 Å². The fourth-order valence-corrected chi connectivity index (χ4v) is 3.31. The maximum atomic E-state index is 10.5. The quantitative estimate of drug-likeness (QED) is 0.382. The average molecular weight is 378 g/mol. The van der Waals surface area contributed by atoms with Crippen LogP contribution in [0.3, 0.4) is 0 Å². The molecule has 0 saturated heterocycles. The summed E-state index contributed by atoms with van der Waals surface area (Å²) in [6.07, 6.45) is 0.586. The van der Waals surface area contributed by atoms with Crippen LogP contribution in [-0.2, 0) is 0 Å². The molecule has 0 fully saturated rings. The lowest BCUT2D eigenvalue weighted by Gasteiger charge is -2.10. The van der Waals surface area contributed by atoms with Gasteiger partial charge < -0.3 is 10.2 Å². The SMILES string of the molecule is OC(=CC(O)c1ccc(-c2ccccc2)cc1)c1ccc(-c2ccccc2)cc1. The highest BCUT2D eigenvalue weighted by Gasteiger charge is 2.08. The third kappa shape index (κ3) is 4.45. The van der Waals surface area contributed by atoms with E-state index in [1.54, 1.807) is 0 Å². The van der Waals surface area contributed by atoms with Gasteiger partial charge in [0, 0.05) is 5.56 Å². The topological polar surface area (TPSA) is 40.5 Å². The normalized spacial score (nSPS) is 12.5. The zero-order valence-corrected chi connectivity index (χ0v) is 15.9. The highest BCUT2D eigenvalue weighted by molar-refractivity contribution is 5.68. The van der Waals surface area contributed by atoms with Gasteiger partial charge in [-0.05, 0) is 33.9 Å². The standard InChI is InChI=1S/C27H22O2/c28-26(24-15-11-22(12-16-24)20-7-3-1-4-8-20)19-27(29)25-17-13-23(14-18-25)21-9-5-2-6-10-21/h1-19,26,28-29H.